The van der Waals surface area contributed by atoms with E-state index in [1.807, 2.05) is 30.3 Å². The van der Waals surface area contributed by atoms with E-state index in [4.69, 9.17) is 9.68 Å². The van der Waals surface area contributed by atoms with Gasteiger partial charge in [-0.1, -0.05) is 42.1 Å². The fraction of sp³-hybridized carbons (Fsp3) is 0.167. The van der Waals surface area contributed by atoms with E-state index in [9.17, 15) is 0 Å². The summed E-state index contributed by atoms with van der Waals surface area (Å²) in [5.41, 5.74) is 1.12. The highest BCUT2D eigenvalue weighted by molar-refractivity contribution is 7.99. The first-order valence-corrected chi connectivity index (χ1v) is 5.76. The third-order valence-electron chi connectivity index (χ3n) is 2.10. The van der Waals surface area contributed by atoms with Crippen molar-refractivity contribution >= 4 is 11.8 Å². The summed E-state index contributed by atoms with van der Waals surface area (Å²) in [6.45, 7) is 0. The van der Waals surface area contributed by atoms with Crippen LogP contribution in [0.5, 0.6) is 0 Å². The van der Waals surface area contributed by atoms with Crippen molar-refractivity contribution in [2.24, 2.45) is 0 Å². The number of hydrogen-bond donors (Lipinski definition) is 0. The van der Waals surface area contributed by atoms with Crippen LogP contribution in [0.4, 0.5) is 0 Å². The van der Waals surface area contributed by atoms with Crippen molar-refractivity contribution < 1.29 is 4.42 Å². The fourth-order valence-electron chi connectivity index (χ4n) is 1.37. The molecule has 4 heteroatoms. The van der Waals surface area contributed by atoms with Gasteiger partial charge in [0.2, 0.25) is 0 Å². The summed E-state index contributed by atoms with van der Waals surface area (Å²) in [6.07, 6.45) is 3.59. The van der Waals surface area contributed by atoms with Crippen LogP contribution in [-0.2, 0) is 0 Å². The van der Waals surface area contributed by atoms with E-state index in [0.29, 0.717) is 11.6 Å². The quantitative estimate of drug-likeness (QED) is 0.755. The largest absolute Gasteiger partial charge is 0.440 e. The van der Waals surface area contributed by atoms with Crippen molar-refractivity contribution in [1.29, 1.82) is 5.26 Å². The van der Waals surface area contributed by atoms with Crippen molar-refractivity contribution in [2.45, 2.75) is 16.9 Å². The second-order valence-corrected chi connectivity index (χ2v) is 4.33. The second-order valence-electron chi connectivity index (χ2n) is 3.18. The Hall–Kier alpha value is -1.73. The van der Waals surface area contributed by atoms with Gasteiger partial charge in [-0.15, -0.1) is 0 Å². The molecule has 0 N–H and O–H groups in total. The zero-order valence-corrected chi connectivity index (χ0v) is 9.35. The maximum Gasteiger partial charge on any atom is 0.256 e. The fourth-order valence-corrected chi connectivity index (χ4v) is 2.30. The SMILES string of the molecule is N#CCC(Sc1ncco1)c1ccccc1. The molecule has 0 fully saturated rings. The zero-order chi connectivity index (χ0) is 11.2. The van der Waals surface area contributed by atoms with Gasteiger partial charge in [0.1, 0.15) is 6.26 Å². The summed E-state index contributed by atoms with van der Waals surface area (Å²) >= 11 is 1.47. The summed E-state index contributed by atoms with van der Waals surface area (Å²) in [5, 5.41) is 9.49. The summed E-state index contributed by atoms with van der Waals surface area (Å²) in [6, 6.07) is 12.1. The van der Waals surface area contributed by atoms with E-state index in [0.717, 1.165) is 5.56 Å². The predicted molar refractivity (Wildman–Crippen MR) is 61.8 cm³/mol. The van der Waals surface area contributed by atoms with Crippen LogP contribution < -0.4 is 0 Å². The third-order valence-corrected chi connectivity index (χ3v) is 3.23. The van der Waals surface area contributed by atoms with Crippen LogP contribution in [0.3, 0.4) is 0 Å². The number of hydrogen-bond acceptors (Lipinski definition) is 4. The van der Waals surface area contributed by atoms with Crippen molar-refractivity contribution in [1.82, 2.24) is 4.98 Å². The first kappa shape index (κ1) is 10.8. The molecule has 0 spiro atoms. The molecule has 80 valence electrons. The van der Waals surface area contributed by atoms with Gasteiger partial charge >= 0.3 is 0 Å². The standard InChI is InChI=1S/C12H10N2OS/c13-7-6-11(10-4-2-1-3-5-10)16-12-14-8-9-15-12/h1-5,8-9,11H,6H2. The van der Waals surface area contributed by atoms with Crippen LogP contribution >= 0.6 is 11.8 Å². The molecule has 1 unspecified atom stereocenters. The van der Waals surface area contributed by atoms with Crippen molar-refractivity contribution in [2.75, 3.05) is 0 Å². The van der Waals surface area contributed by atoms with Crippen molar-refractivity contribution in [3.05, 3.63) is 48.4 Å². The van der Waals surface area contributed by atoms with Crippen LogP contribution in [-0.4, -0.2) is 4.98 Å². The molecule has 0 radical (unpaired) electrons. The number of nitrogens with zero attached hydrogens (tertiary/aromatic N) is 2. The molecule has 1 aromatic heterocycles. The molecule has 0 amide bonds. The topological polar surface area (TPSA) is 49.8 Å². The molecule has 2 aromatic rings. The van der Waals surface area contributed by atoms with Gasteiger partial charge in [-0.3, -0.25) is 0 Å². The summed E-state index contributed by atoms with van der Waals surface area (Å²) < 4.78 is 5.17. The molecule has 0 bridgehead atoms. The van der Waals surface area contributed by atoms with Gasteiger partial charge < -0.3 is 4.42 Å². The Kier molecular flexibility index (Phi) is 3.62. The van der Waals surface area contributed by atoms with Gasteiger partial charge in [0.25, 0.3) is 5.22 Å². The Bertz CT molecular complexity index is 462. The molecular formula is C12H10N2OS. The molecule has 2 rings (SSSR count). The lowest BCUT2D eigenvalue weighted by atomic mass is 10.1. The van der Waals surface area contributed by atoms with Crippen LogP contribution in [0.1, 0.15) is 17.2 Å². The molecule has 1 aromatic carbocycles. The molecule has 0 saturated carbocycles. The van der Waals surface area contributed by atoms with E-state index in [-0.39, 0.29) is 5.25 Å². The van der Waals surface area contributed by atoms with Gasteiger partial charge in [-0.2, -0.15) is 5.26 Å². The van der Waals surface area contributed by atoms with E-state index in [2.05, 4.69) is 11.1 Å². The van der Waals surface area contributed by atoms with Crippen LogP contribution in [0.25, 0.3) is 0 Å². The average molecular weight is 230 g/mol. The molecular weight excluding hydrogens is 220 g/mol. The Morgan fingerprint density at radius 3 is 2.81 bits per heavy atom. The Balaban J connectivity index is 2.15. The van der Waals surface area contributed by atoms with E-state index in [1.54, 1.807) is 6.20 Å². The smallest absolute Gasteiger partial charge is 0.256 e. The lowest BCUT2D eigenvalue weighted by Gasteiger charge is -2.10. The molecule has 0 saturated heterocycles. The molecule has 16 heavy (non-hydrogen) atoms. The van der Waals surface area contributed by atoms with E-state index < -0.39 is 0 Å². The van der Waals surface area contributed by atoms with Gasteiger partial charge in [0.05, 0.1) is 23.9 Å². The molecule has 3 nitrogen and oxygen atoms in total. The average Bonchev–Trinajstić information content (AvgIpc) is 2.83. The first-order chi connectivity index (χ1) is 7.90. The number of nitriles is 1. The van der Waals surface area contributed by atoms with Crippen molar-refractivity contribution in [3.8, 4) is 6.07 Å². The molecule has 0 aliphatic heterocycles. The Labute approximate surface area is 98.1 Å². The first-order valence-electron chi connectivity index (χ1n) is 4.88. The van der Waals surface area contributed by atoms with Gasteiger partial charge in [-0.25, -0.2) is 4.98 Å². The highest BCUT2D eigenvalue weighted by Gasteiger charge is 2.14. The predicted octanol–water partition coefficient (Wildman–Crippen LogP) is 3.42. The van der Waals surface area contributed by atoms with Crippen LogP contribution in [0.15, 0.2) is 52.4 Å². The molecule has 0 aliphatic rings. The number of rotatable bonds is 4. The minimum Gasteiger partial charge on any atom is -0.440 e. The molecule has 1 atom stereocenters. The summed E-state index contributed by atoms with van der Waals surface area (Å²) in [7, 11) is 0. The maximum atomic E-state index is 8.81. The minimum absolute atomic E-state index is 0.0739. The monoisotopic (exact) mass is 230 g/mol. The molecule has 1 heterocycles. The van der Waals surface area contributed by atoms with Gasteiger partial charge in [-0.05, 0) is 5.56 Å². The van der Waals surface area contributed by atoms with E-state index >= 15 is 0 Å². The lowest BCUT2D eigenvalue weighted by molar-refractivity contribution is 0.453. The second kappa shape index (κ2) is 5.38. The van der Waals surface area contributed by atoms with Crippen LogP contribution in [0, 0.1) is 11.3 Å². The Morgan fingerprint density at radius 2 is 2.19 bits per heavy atom. The number of thioether (sulfide) groups is 1. The van der Waals surface area contributed by atoms with Crippen LogP contribution in [0.2, 0.25) is 0 Å². The van der Waals surface area contributed by atoms with Crippen molar-refractivity contribution in [3.63, 3.8) is 0 Å². The maximum absolute atomic E-state index is 8.81. The normalized spacial score (nSPS) is 11.9. The van der Waals surface area contributed by atoms with Gasteiger partial charge in [0, 0.05) is 0 Å². The third kappa shape index (κ3) is 2.65. The van der Waals surface area contributed by atoms with E-state index in [1.165, 1.54) is 18.0 Å². The minimum atomic E-state index is 0.0739. The number of aromatic nitrogens is 1. The lowest BCUT2D eigenvalue weighted by Crippen LogP contribution is -1.92. The van der Waals surface area contributed by atoms with Gasteiger partial charge in [0.15, 0.2) is 0 Å². The number of oxazole rings is 1. The Morgan fingerprint density at radius 1 is 1.38 bits per heavy atom. The molecule has 0 aliphatic carbocycles. The summed E-state index contributed by atoms with van der Waals surface area (Å²) in [4.78, 5) is 4.05. The highest BCUT2D eigenvalue weighted by Crippen LogP contribution is 2.36. The zero-order valence-electron chi connectivity index (χ0n) is 8.54. The number of benzene rings is 1. The highest BCUT2D eigenvalue weighted by atomic mass is 32.2. The summed E-state index contributed by atoms with van der Waals surface area (Å²) in [5.74, 6) is 0.